The van der Waals surface area contributed by atoms with Crippen molar-refractivity contribution >= 4 is 30.0 Å². The average molecular weight is 559 g/mol. The van der Waals surface area contributed by atoms with Gasteiger partial charge in [-0.25, -0.2) is 0 Å². The molecule has 6 atom stereocenters. The molecule has 1 saturated carbocycles. The molecule has 40 heavy (non-hydrogen) atoms. The summed E-state index contributed by atoms with van der Waals surface area (Å²) in [6, 6.07) is 3.45. The highest BCUT2D eigenvalue weighted by Gasteiger charge is 2.50. The maximum Gasteiger partial charge on any atom is 0.246 e. The second kappa shape index (κ2) is 14.6. The van der Waals surface area contributed by atoms with Crippen LogP contribution in [-0.2, 0) is 25.6 Å². The number of nitrogens with zero attached hydrogens (tertiary/aromatic N) is 2. The van der Waals surface area contributed by atoms with E-state index in [4.69, 9.17) is 11.5 Å². The van der Waals surface area contributed by atoms with Gasteiger partial charge in [0.05, 0.1) is 12.1 Å². The fourth-order valence-corrected chi connectivity index (χ4v) is 5.70. The first-order chi connectivity index (χ1) is 19.1. The number of aliphatic imine (C=N–C) groups is 1. The molecule has 12 nitrogen and oxygen atoms in total. The predicted molar refractivity (Wildman–Crippen MR) is 149 cm³/mol. The molecule has 1 aliphatic heterocycles. The highest BCUT2D eigenvalue weighted by atomic mass is 16.3. The molecule has 3 rings (SSSR count). The number of rotatable bonds is 13. The third-order valence-electron chi connectivity index (χ3n) is 7.65. The number of aliphatic hydroxyl groups excluding tert-OH is 1. The van der Waals surface area contributed by atoms with E-state index >= 15 is 0 Å². The Labute approximate surface area is 234 Å². The molecule has 0 bridgehead atoms. The normalized spacial score (nSPS) is 23.4. The lowest BCUT2D eigenvalue weighted by molar-refractivity contribution is -0.144. The number of carbonyl (C=O) groups is 4. The molecule has 1 aromatic rings. The SMILES string of the molecule is CCCC(=O)NC(Cc1ccc(O)cc1)C(=O)N1C(C(=O)NC(C=O)CCCN=C(N)N)CC2CCC(O)CC21. The number of aromatic hydroxyl groups is 1. The molecular weight excluding hydrogens is 516 g/mol. The standard InChI is InChI=1S/C28H42N6O6/c1-2-4-25(38)33-22(13-17-6-9-20(36)10-7-17)27(40)34-23-15-21(37)11-8-18(23)14-24(34)26(39)32-19(16-35)5-3-12-31-28(29)30/h6-7,9-10,16,18-19,21-24,36-37H,2-5,8,11-15H2,1H3,(H,32,39)(H,33,38)(H4,29,30,31). The number of phenolic OH excluding ortho intramolecular Hbond substituents is 1. The first-order valence-electron chi connectivity index (χ1n) is 14.0. The summed E-state index contributed by atoms with van der Waals surface area (Å²) in [6.45, 7) is 2.18. The van der Waals surface area contributed by atoms with Gasteiger partial charge in [0.15, 0.2) is 5.96 Å². The molecule has 8 N–H and O–H groups in total. The number of aldehydes is 1. The van der Waals surface area contributed by atoms with Gasteiger partial charge in [0.2, 0.25) is 17.7 Å². The summed E-state index contributed by atoms with van der Waals surface area (Å²) < 4.78 is 0. The lowest BCUT2D eigenvalue weighted by Crippen LogP contribution is -2.58. The van der Waals surface area contributed by atoms with E-state index in [1.807, 2.05) is 6.92 Å². The summed E-state index contributed by atoms with van der Waals surface area (Å²) in [6.07, 6.45) is 3.88. The molecule has 2 aliphatic rings. The van der Waals surface area contributed by atoms with E-state index in [0.29, 0.717) is 57.8 Å². The first-order valence-corrected chi connectivity index (χ1v) is 14.0. The van der Waals surface area contributed by atoms with Crippen LogP contribution in [0.25, 0.3) is 0 Å². The van der Waals surface area contributed by atoms with Crippen molar-refractivity contribution in [1.29, 1.82) is 0 Å². The monoisotopic (exact) mass is 558 g/mol. The van der Waals surface area contributed by atoms with E-state index in [9.17, 15) is 29.4 Å². The highest BCUT2D eigenvalue weighted by molar-refractivity contribution is 5.93. The number of amides is 3. The van der Waals surface area contributed by atoms with Gasteiger partial charge in [-0.3, -0.25) is 19.4 Å². The number of carbonyl (C=O) groups excluding carboxylic acids is 4. The highest BCUT2D eigenvalue weighted by Crippen LogP contribution is 2.40. The second-order valence-electron chi connectivity index (χ2n) is 10.7. The third kappa shape index (κ3) is 8.41. The minimum atomic E-state index is -0.946. The van der Waals surface area contributed by atoms with Gasteiger partial charge in [0.1, 0.15) is 24.1 Å². The van der Waals surface area contributed by atoms with Crippen LogP contribution in [-0.4, -0.2) is 81.9 Å². The topological polar surface area (TPSA) is 200 Å². The largest absolute Gasteiger partial charge is 0.508 e. The molecule has 1 aliphatic carbocycles. The Kier molecular flexibility index (Phi) is 11.3. The molecule has 0 spiro atoms. The fourth-order valence-electron chi connectivity index (χ4n) is 5.70. The Morgan fingerprint density at radius 1 is 1.15 bits per heavy atom. The van der Waals surface area contributed by atoms with Crippen molar-refractivity contribution in [3.8, 4) is 5.75 Å². The zero-order valence-electron chi connectivity index (χ0n) is 23.0. The molecule has 3 amide bonds. The molecule has 0 radical (unpaired) electrons. The van der Waals surface area contributed by atoms with Crippen LogP contribution in [0.5, 0.6) is 5.75 Å². The van der Waals surface area contributed by atoms with Crippen molar-refractivity contribution in [3.05, 3.63) is 29.8 Å². The molecule has 12 heteroatoms. The number of benzene rings is 1. The van der Waals surface area contributed by atoms with E-state index in [0.717, 1.165) is 5.56 Å². The van der Waals surface area contributed by atoms with E-state index < -0.39 is 36.0 Å². The number of phenols is 1. The van der Waals surface area contributed by atoms with Crippen LogP contribution >= 0.6 is 0 Å². The molecule has 6 unspecified atom stereocenters. The number of nitrogens with two attached hydrogens (primary N) is 2. The second-order valence-corrected chi connectivity index (χ2v) is 10.7. The molecule has 1 aromatic carbocycles. The minimum absolute atomic E-state index is 0.0142. The summed E-state index contributed by atoms with van der Waals surface area (Å²) in [4.78, 5) is 57.5. The van der Waals surface area contributed by atoms with Crippen LogP contribution in [0.1, 0.15) is 63.9 Å². The summed E-state index contributed by atoms with van der Waals surface area (Å²) in [5.41, 5.74) is 11.4. The van der Waals surface area contributed by atoms with Crippen molar-refractivity contribution in [2.24, 2.45) is 22.4 Å². The molecule has 1 saturated heterocycles. The van der Waals surface area contributed by atoms with Gasteiger partial charge in [0, 0.05) is 25.4 Å². The van der Waals surface area contributed by atoms with Gasteiger partial charge >= 0.3 is 0 Å². The Balaban J connectivity index is 1.84. The quantitative estimate of drug-likeness (QED) is 0.0846. The molecule has 1 heterocycles. The van der Waals surface area contributed by atoms with Gasteiger partial charge < -0.3 is 42.0 Å². The lowest BCUT2D eigenvalue weighted by atomic mass is 9.83. The molecule has 220 valence electrons. The van der Waals surface area contributed by atoms with Crippen LogP contribution in [0, 0.1) is 5.92 Å². The number of nitrogens with one attached hydrogen (secondary N) is 2. The number of likely N-dealkylation sites (tertiary alicyclic amines) is 1. The third-order valence-corrected chi connectivity index (χ3v) is 7.65. The lowest BCUT2D eigenvalue weighted by Gasteiger charge is -2.37. The average Bonchev–Trinajstić information content (AvgIpc) is 3.29. The van der Waals surface area contributed by atoms with Gasteiger partial charge in [0.25, 0.3) is 0 Å². The van der Waals surface area contributed by atoms with Gasteiger partial charge in [-0.1, -0.05) is 19.1 Å². The Hall–Kier alpha value is -3.67. The van der Waals surface area contributed by atoms with Gasteiger partial charge in [-0.05, 0) is 68.6 Å². The minimum Gasteiger partial charge on any atom is -0.508 e. The molecule has 2 fully saturated rings. The van der Waals surface area contributed by atoms with Crippen LogP contribution in [0.15, 0.2) is 29.3 Å². The van der Waals surface area contributed by atoms with Crippen molar-refractivity contribution < 1.29 is 29.4 Å². The Morgan fingerprint density at radius 2 is 1.88 bits per heavy atom. The molecule has 0 aromatic heterocycles. The van der Waals surface area contributed by atoms with Crippen molar-refractivity contribution in [1.82, 2.24) is 15.5 Å². The zero-order chi connectivity index (χ0) is 29.2. The molecular formula is C28H42N6O6. The van der Waals surface area contributed by atoms with Crippen LogP contribution < -0.4 is 22.1 Å². The van der Waals surface area contributed by atoms with E-state index in [2.05, 4.69) is 15.6 Å². The Morgan fingerprint density at radius 3 is 2.52 bits per heavy atom. The van der Waals surface area contributed by atoms with E-state index in [1.54, 1.807) is 12.1 Å². The predicted octanol–water partition coefficient (Wildman–Crippen LogP) is 0.0874. The van der Waals surface area contributed by atoms with Crippen molar-refractivity contribution in [3.63, 3.8) is 0 Å². The zero-order valence-corrected chi connectivity index (χ0v) is 23.0. The summed E-state index contributed by atoms with van der Waals surface area (Å²) in [5, 5.41) is 25.7. The van der Waals surface area contributed by atoms with Gasteiger partial charge in [-0.2, -0.15) is 0 Å². The summed E-state index contributed by atoms with van der Waals surface area (Å²) in [5.74, 6) is -1.08. The van der Waals surface area contributed by atoms with Crippen LogP contribution in [0.2, 0.25) is 0 Å². The maximum atomic E-state index is 14.2. The number of hydrogen-bond donors (Lipinski definition) is 6. The maximum absolute atomic E-state index is 14.2. The summed E-state index contributed by atoms with van der Waals surface area (Å²) >= 11 is 0. The van der Waals surface area contributed by atoms with Gasteiger partial charge in [-0.15, -0.1) is 0 Å². The Bertz CT molecular complexity index is 1060. The smallest absolute Gasteiger partial charge is 0.246 e. The first kappa shape index (κ1) is 30.9. The number of fused-ring (bicyclic) bond motifs is 1. The number of hydrogen-bond acceptors (Lipinski definition) is 7. The number of aliphatic hydroxyl groups is 1. The fraction of sp³-hybridized carbons (Fsp3) is 0.607. The summed E-state index contributed by atoms with van der Waals surface area (Å²) in [7, 11) is 0. The van der Waals surface area contributed by atoms with Crippen molar-refractivity contribution in [2.75, 3.05) is 6.54 Å². The van der Waals surface area contributed by atoms with Crippen molar-refractivity contribution in [2.45, 2.75) is 95.0 Å². The van der Waals surface area contributed by atoms with Crippen LogP contribution in [0.3, 0.4) is 0 Å². The van der Waals surface area contributed by atoms with E-state index in [1.165, 1.54) is 17.0 Å². The van der Waals surface area contributed by atoms with E-state index in [-0.39, 0.29) is 42.4 Å². The number of guanidine groups is 1. The van der Waals surface area contributed by atoms with Crippen LogP contribution in [0.4, 0.5) is 0 Å².